The van der Waals surface area contributed by atoms with Gasteiger partial charge in [-0.05, 0) is 46.3 Å². The first-order valence-electron chi connectivity index (χ1n) is 5.78. The van der Waals surface area contributed by atoms with Crippen LogP contribution in [0, 0.1) is 5.82 Å². The molecule has 0 heterocycles. The summed E-state index contributed by atoms with van der Waals surface area (Å²) in [5.74, 6) is -0.407. The Kier molecular flexibility index (Phi) is 4.57. The quantitative estimate of drug-likeness (QED) is 0.841. The van der Waals surface area contributed by atoms with Gasteiger partial charge in [0.05, 0.1) is 10.2 Å². The van der Waals surface area contributed by atoms with E-state index in [1.54, 1.807) is 30.3 Å². The number of hydrogen-bond acceptors (Lipinski definition) is 3. The lowest BCUT2D eigenvalue weighted by atomic mass is 10.3. The van der Waals surface area contributed by atoms with Crippen molar-refractivity contribution in [3.05, 3.63) is 52.8 Å². The van der Waals surface area contributed by atoms with Crippen LogP contribution in [0.15, 0.2) is 46.9 Å². The summed E-state index contributed by atoms with van der Waals surface area (Å²) < 4.78 is 18.9. The lowest BCUT2D eigenvalue weighted by Gasteiger charge is -2.09. The number of carbonyl (C=O) groups excluding carboxylic acids is 1. The average molecular weight is 339 g/mol. The van der Waals surface area contributed by atoms with Crippen LogP contribution in [0.4, 0.5) is 15.8 Å². The maximum absolute atomic E-state index is 13.3. The molecule has 2 aromatic rings. The highest BCUT2D eigenvalue weighted by molar-refractivity contribution is 9.10. The molecule has 0 radical (unpaired) electrons. The zero-order chi connectivity index (χ0) is 14.5. The first-order valence-corrected chi connectivity index (χ1v) is 6.58. The van der Waals surface area contributed by atoms with Gasteiger partial charge in [-0.25, -0.2) is 4.39 Å². The summed E-state index contributed by atoms with van der Waals surface area (Å²) in [6.45, 7) is -0.202. The third-order valence-electron chi connectivity index (χ3n) is 2.48. The number of carbonyl (C=O) groups is 1. The standard InChI is InChI=1S/C14H12BrFN2O2/c15-10-6-5-9(7-11(10)16)18-14(19)8-20-13-4-2-1-3-12(13)17/h1-7H,8,17H2,(H,18,19). The number of rotatable bonds is 4. The van der Waals surface area contributed by atoms with E-state index in [0.29, 0.717) is 21.6 Å². The Balaban J connectivity index is 1.93. The molecule has 0 aromatic heterocycles. The Morgan fingerprint density at radius 2 is 2.05 bits per heavy atom. The number of nitrogens with two attached hydrogens (primary N) is 1. The van der Waals surface area contributed by atoms with E-state index in [9.17, 15) is 9.18 Å². The number of amides is 1. The van der Waals surface area contributed by atoms with E-state index in [2.05, 4.69) is 21.2 Å². The highest BCUT2D eigenvalue weighted by atomic mass is 79.9. The van der Waals surface area contributed by atoms with E-state index in [1.807, 2.05) is 0 Å². The molecule has 20 heavy (non-hydrogen) atoms. The van der Waals surface area contributed by atoms with Crippen molar-refractivity contribution in [2.75, 3.05) is 17.7 Å². The summed E-state index contributed by atoms with van der Waals surface area (Å²) in [6.07, 6.45) is 0. The summed E-state index contributed by atoms with van der Waals surface area (Å²) in [6, 6.07) is 11.2. The van der Waals surface area contributed by atoms with Crippen LogP contribution in [0.2, 0.25) is 0 Å². The topological polar surface area (TPSA) is 64.3 Å². The van der Waals surface area contributed by atoms with Crippen LogP contribution in [0.1, 0.15) is 0 Å². The first kappa shape index (κ1) is 14.3. The molecule has 3 N–H and O–H groups in total. The summed E-state index contributed by atoms with van der Waals surface area (Å²) in [5.41, 5.74) is 6.50. The van der Waals surface area contributed by atoms with Crippen molar-refractivity contribution in [1.82, 2.24) is 0 Å². The van der Waals surface area contributed by atoms with Crippen molar-refractivity contribution < 1.29 is 13.9 Å². The molecule has 0 fully saturated rings. The molecule has 0 saturated carbocycles. The Bertz CT molecular complexity index is 634. The second-order valence-corrected chi connectivity index (χ2v) is 4.86. The molecule has 0 spiro atoms. The SMILES string of the molecule is Nc1ccccc1OCC(=O)Nc1ccc(Br)c(F)c1. The minimum absolute atomic E-state index is 0.202. The Morgan fingerprint density at radius 3 is 2.75 bits per heavy atom. The van der Waals surface area contributed by atoms with Gasteiger partial charge in [-0.1, -0.05) is 12.1 Å². The minimum atomic E-state index is -0.448. The van der Waals surface area contributed by atoms with Crippen LogP contribution in [0.3, 0.4) is 0 Å². The Hall–Kier alpha value is -2.08. The van der Waals surface area contributed by atoms with E-state index in [4.69, 9.17) is 10.5 Å². The second-order valence-electron chi connectivity index (χ2n) is 4.00. The predicted molar refractivity (Wildman–Crippen MR) is 79.1 cm³/mol. The zero-order valence-electron chi connectivity index (χ0n) is 10.4. The third kappa shape index (κ3) is 3.71. The van der Waals surface area contributed by atoms with Gasteiger partial charge in [-0.15, -0.1) is 0 Å². The fourth-order valence-corrected chi connectivity index (χ4v) is 1.77. The summed E-state index contributed by atoms with van der Waals surface area (Å²) >= 11 is 3.04. The number of hydrogen-bond donors (Lipinski definition) is 2. The summed E-state index contributed by atoms with van der Waals surface area (Å²) in [5, 5.41) is 2.53. The van der Waals surface area contributed by atoms with Crippen LogP contribution >= 0.6 is 15.9 Å². The van der Waals surface area contributed by atoms with Gasteiger partial charge >= 0.3 is 0 Å². The molecule has 0 aliphatic rings. The normalized spacial score (nSPS) is 10.1. The van der Waals surface area contributed by atoms with Crippen molar-refractivity contribution in [3.63, 3.8) is 0 Å². The van der Waals surface area contributed by atoms with Gasteiger partial charge in [0.1, 0.15) is 11.6 Å². The number of anilines is 2. The van der Waals surface area contributed by atoms with Gasteiger partial charge in [0.2, 0.25) is 0 Å². The fourth-order valence-electron chi connectivity index (χ4n) is 1.53. The van der Waals surface area contributed by atoms with Crippen LogP contribution in [0.5, 0.6) is 5.75 Å². The molecular formula is C14H12BrFN2O2. The molecule has 0 aliphatic carbocycles. The zero-order valence-corrected chi connectivity index (χ0v) is 12.0. The van der Waals surface area contributed by atoms with Crippen LogP contribution in [-0.2, 0) is 4.79 Å². The van der Waals surface area contributed by atoms with Crippen molar-refractivity contribution in [2.24, 2.45) is 0 Å². The van der Waals surface area contributed by atoms with Crippen molar-refractivity contribution >= 4 is 33.2 Å². The Morgan fingerprint density at radius 1 is 1.30 bits per heavy atom. The van der Waals surface area contributed by atoms with Gasteiger partial charge < -0.3 is 15.8 Å². The lowest BCUT2D eigenvalue weighted by molar-refractivity contribution is -0.118. The van der Waals surface area contributed by atoms with E-state index < -0.39 is 11.7 Å². The largest absolute Gasteiger partial charge is 0.482 e. The van der Waals surface area contributed by atoms with Gasteiger partial charge in [-0.3, -0.25) is 4.79 Å². The molecular weight excluding hydrogens is 327 g/mol. The number of halogens is 2. The Labute approximate surface area is 123 Å². The van der Waals surface area contributed by atoms with E-state index >= 15 is 0 Å². The van der Waals surface area contributed by atoms with E-state index in [0.717, 1.165) is 0 Å². The van der Waals surface area contributed by atoms with E-state index in [1.165, 1.54) is 12.1 Å². The monoisotopic (exact) mass is 338 g/mol. The van der Waals surface area contributed by atoms with Gasteiger partial charge in [0.25, 0.3) is 5.91 Å². The maximum Gasteiger partial charge on any atom is 0.262 e. The molecule has 1 amide bonds. The van der Waals surface area contributed by atoms with Crippen molar-refractivity contribution in [1.29, 1.82) is 0 Å². The molecule has 2 aromatic carbocycles. The van der Waals surface area contributed by atoms with Crippen LogP contribution in [-0.4, -0.2) is 12.5 Å². The summed E-state index contributed by atoms with van der Waals surface area (Å²) in [4.78, 5) is 11.7. The molecule has 0 saturated heterocycles. The number of nitrogens with one attached hydrogen (secondary N) is 1. The van der Waals surface area contributed by atoms with Crippen molar-refractivity contribution in [2.45, 2.75) is 0 Å². The van der Waals surface area contributed by atoms with Crippen molar-refractivity contribution in [3.8, 4) is 5.75 Å². The highest BCUT2D eigenvalue weighted by Crippen LogP contribution is 2.21. The van der Waals surface area contributed by atoms with Gasteiger partial charge in [0, 0.05) is 5.69 Å². The highest BCUT2D eigenvalue weighted by Gasteiger charge is 2.07. The number of para-hydroxylation sites is 2. The number of nitrogen functional groups attached to an aromatic ring is 1. The maximum atomic E-state index is 13.3. The molecule has 0 bridgehead atoms. The molecule has 0 atom stereocenters. The van der Waals surface area contributed by atoms with Gasteiger partial charge in [0.15, 0.2) is 6.61 Å². The predicted octanol–water partition coefficient (Wildman–Crippen LogP) is 3.19. The number of ether oxygens (including phenoxy) is 1. The smallest absolute Gasteiger partial charge is 0.262 e. The number of benzene rings is 2. The molecule has 2 rings (SSSR count). The molecule has 0 unspecified atom stereocenters. The third-order valence-corrected chi connectivity index (χ3v) is 3.12. The second kappa shape index (κ2) is 6.38. The molecule has 0 aliphatic heterocycles. The first-order chi connectivity index (χ1) is 9.56. The lowest BCUT2D eigenvalue weighted by Crippen LogP contribution is -2.20. The minimum Gasteiger partial charge on any atom is -0.482 e. The molecule has 6 heteroatoms. The van der Waals surface area contributed by atoms with Crippen LogP contribution in [0.25, 0.3) is 0 Å². The van der Waals surface area contributed by atoms with E-state index in [-0.39, 0.29) is 6.61 Å². The van der Waals surface area contributed by atoms with Crippen LogP contribution < -0.4 is 15.8 Å². The molecule has 104 valence electrons. The summed E-state index contributed by atoms with van der Waals surface area (Å²) in [7, 11) is 0. The average Bonchev–Trinajstić information content (AvgIpc) is 2.42. The van der Waals surface area contributed by atoms with Gasteiger partial charge in [-0.2, -0.15) is 0 Å². The fraction of sp³-hybridized carbons (Fsp3) is 0.0714. The molecule has 4 nitrogen and oxygen atoms in total.